The van der Waals surface area contributed by atoms with Crippen molar-refractivity contribution in [2.75, 3.05) is 39.4 Å². The van der Waals surface area contributed by atoms with Crippen LogP contribution in [0.3, 0.4) is 0 Å². The van der Waals surface area contributed by atoms with Crippen LogP contribution in [-0.2, 0) is 21.2 Å². The lowest BCUT2D eigenvalue weighted by Gasteiger charge is -2.36. The van der Waals surface area contributed by atoms with Crippen LogP contribution >= 0.6 is 11.6 Å². The predicted octanol–water partition coefficient (Wildman–Crippen LogP) is 2.82. The van der Waals surface area contributed by atoms with Gasteiger partial charge in [-0.25, -0.2) is 8.42 Å². The Morgan fingerprint density at radius 1 is 1.13 bits per heavy atom. The van der Waals surface area contributed by atoms with E-state index in [0.29, 0.717) is 43.5 Å². The molecular formula is C22H25ClN2O5S. The van der Waals surface area contributed by atoms with E-state index >= 15 is 0 Å². The van der Waals surface area contributed by atoms with E-state index in [1.165, 1.54) is 4.31 Å². The van der Waals surface area contributed by atoms with Gasteiger partial charge in [0.05, 0.1) is 17.4 Å². The standard InChI is InChI=1S/C22H25ClN2O5S/c1-2-29-19-4-6-20(7-5-19)31(27,28)25-11-9-24(10-12-25)22(26)17-13-16-14-18(23)3-8-21(16)30-15-17/h3-8,14,17H,2,9-13,15H2,1H3. The Morgan fingerprint density at radius 3 is 2.52 bits per heavy atom. The van der Waals surface area contributed by atoms with Gasteiger partial charge in [0.2, 0.25) is 15.9 Å². The average molecular weight is 465 g/mol. The lowest BCUT2D eigenvalue weighted by molar-refractivity contribution is -0.138. The zero-order chi connectivity index (χ0) is 22.0. The van der Waals surface area contributed by atoms with Crippen molar-refractivity contribution in [3.63, 3.8) is 0 Å². The fourth-order valence-corrected chi connectivity index (χ4v) is 5.57. The molecule has 0 radical (unpaired) electrons. The first kappa shape index (κ1) is 21.9. The Bertz CT molecular complexity index is 1050. The molecule has 31 heavy (non-hydrogen) atoms. The third-order valence-electron chi connectivity index (χ3n) is 5.60. The second-order valence-electron chi connectivity index (χ2n) is 7.60. The number of amides is 1. The van der Waals surface area contributed by atoms with Gasteiger partial charge in [0.25, 0.3) is 0 Å². The topological polar surface area (TPSA) is 76.2 Å². The number of hydrogen-bond donors (Lipinski definition) is 0. The average Bonchev–Trinajstić information content (AvgIpc) is 2.79. The summed E-state index contributed by atoms with van der Waals surface area (Å²) in [5.41, 5.74) is 0.925. The number of halogens is 1. The SMILES string of the molecule is CCOc1ccc(S(=O)(=O)N2CCN(C(=O)C3COc4ccc(Cl)cc4C3)CC2)cc1. The fourth-order valence-electron chi connectivity index (χ4n) is 3.95. The highest BCUT2D eigenvalue weighted by Crippen LogP contribution is 2.31. The molecule has 0 aromatic heterocycles. The van der Waals surface area contributed by atoms with Crippen LogP contribution in [0.15, 0.2) is 47.4 Å². The molecule has 0 spiro atoms. The van der Waals surface area contributed by atoms with E-state index in [4.69, 9.17) is 21.1 Å². The van der Waals surface area contributed by atoms with Gasteiger partial charge in [-0.15, -0.1) is 0 Å². The van der Waals surface area contributed by atoms with E-state index in [-0.39, 0.29) is 29.8 Å². The molecular weight excluding hydrogens is 440 g/mol. The maximum absolute atomic E-state index is 13.0. The number of sulfonamides is 1. The van der Waals surface area contributed by atoms with Crippen molar-refractivity contribution in [1.82, 2.24) is 9.21 Å². The van der Waals surface area contributed by atoms with Gasteiger partial charge in [0.1, 0.15) is 18.1 Å². The number of carbonyl (C=O) groups is 1. The van der Waals surface area contributed by atoms with Gasteiger partial charge in [-0.2, -0.15) is 4.31 Å². The first-order valence-electron chi connectivity index (χ1n) is 10.3. The Balaban J connectivity index is 1.37. The highest BCUT2D eigenvalue weighted by atomic mass is 35.5. The van der Waals surface area contributed by atoms with Crippen LogP contribution < -0.4 is 9.47 Å². The summed E-state index contributed by atoms with van der Waals surface area (Å²) >= 11 is 6.07. The molecule has 1 saturated heterocycles. The smallest absolute Gasteiger partial charge is 0.243 e. The quantitative estimate of drug-likeness (QED) is 0.680. The van der Waals surface area contributed by atoms with Crippen molar-refractivity contribution in [3.05, 3.63) is 53.1 Å². The van der Waals surface area contributed by atoms with Gasteiger partial charge in [-0.1, -0.05) is 11.6 Å². The van der Waals surface area contributed by atoms with Gasteiger partial charge in [0, 0.05) is 31.2 Å². The monoisotopic (exact) mass is 464 g/mol. The number of fused-ring (bicyclic) bond motifs is 1. The molecule has 0 bridgehead atoms. The summed E-state index contributed by atoms with van der Waals surface area (Å²) in [6, 6.07) is 11.8. The van der Waals surface area contributed by atoms with Crippen LogP contribution in [0.2, 0.25) is 5.02 Å². The third-order valence-corrected chi connectivity index (χ3v) is 7.75. The number of rotatable bonds is 5. The van der Waals surface area contributed by atoms with Gasteiger partial charge in [0.15, 0.2) is 0 Å². The van der Waals surface area contributed by atoms with E-state index in [1.54, 1.807) is 35.2 Å². The van der Waals surface area contributed by atoms with Crippen molar-refractivity contribution in [3.8, 4) is 11.5 Å². The van der Waals surface area contributed by atoms with Crippen molar-refractivity contribution >= 4 is 27.5 Å². The molecule has 0 saturated carbocycles. The maximum Gasteiger partial charge on any atom is 0.243 e. The van der Waals surface area contributed by atoms with Crippen LogP contribution in [0.4, 0.5) is 0 Å². The lowest BCUT2D eigenvalue weighted by atomic mass is 9.95. The van der Waals surface area contributed by atoms with Gasteiger partial charge in [-0.05, 0) is 61.4 Å². The normalized spacial score (nSPS) is 19.4. The highest BCUT2D eigenvalue weighted by molar-refractivity contribution is 7.89. The zero-order valence-corrected chi connectivity index (χ0v) is 18.9. The minimum atomic E-state index is -3.61. The molecule has 0 N–H and O–H groups in total. The zero-order valence-electron chi connectivity index (χ0n) is 17.3. The highest BCUT2D eigenvalue weighted by Gasteiger charge is 2.34. The van der Waals surface area contributed by atoms with Crippen LogP contribution in [0.25, 0.3) is 0 Å². The molecule has 1 fully saturated rings. The molecule has 1 unspecified atom stereocenters. The molecule has 2 aliphatic heterocycles. The molecule has 4 rings (SSSR count). The summed E-state index contributed by atoms with van der Waals surface area (Å²) in [4.78, 5) is 15.0. The minimum absolute atomic E-state index is 0.0104. The molecule has 1 atom stereocenters. The van der Waals surface area contributed by atoms with Crippen LogP contribution in [0.1, 0.15) is 12.5 Å². The summed E-state index contributed by atoms with van der Waals surface area (Å²) in [5.74, 6) is 1.10. The number of hydrogen-bond acceptors (Lipinski definition) is 5. The van der Waals surface area contributed by atoms with Crippen LogP contribution in [-0.4, -0.2) is 62.9 Å². The van der Waals surface area contributed by atoms with Gasteiger partial charge < -0.3 is 14.4 Å². The second-order valence-corrected chi connectivity index (χ2v) is 9.97. The van der Waals surface area contributed by atoms with E-state index in [9.17, 15) is 13.2 Å². The molecule has 9 heteroatoms. The summed E-state index contributed by atoms with van der Waals surface area (Å²) in [7, 11) is -3.61. The third kappa shape index (κ3) is 4.66. The van der Waals surface area contributed by atoms with Gasteiger partial charge >= 0.3 is 0 Å². The van der Waals surface area contributed by atoms with Crippen molar-refractivity contribution in [2.24, 2.45) is 5.92 Å². The molecule has 2 heterocycles. The molecule has 166 valence electrons. The number of piperazine rings is 1. The lowest BCUT2D eigenvalue weighted by Crippen LogP contribution is -2.52. The van der Waals surface area contributed by atoms with Crippen LogP contribution in [0, 0.1) is 5.92 Å². The first-order valence-corrected chi connectivity index (χ1v) is 12.1. The predicted molar refractivity (Wildman–Crippen MR) is 117 cm³/mol. The van der Waals surface area contributed by atoms with Crippen LogP contribution in [0.5, 0.6) is 11.5 Å². The maximum atomic E-state index is 13.0. The largest absolute Gasteiger partial charge is 0.494 e. The van der Waals surface area contributed by atoms with Crippen molar-refractivity contribution in [1.29, 1.82) is 0 Å². The number of nitrogens with zero attached hydrogens (tertiary/aromatic N) is 2. The second kappa shape index (κ2) is 9.06. The van der Waals surface area contributed by atoms with E-state index in [1.807, 2.05) is 19.1 Å². The molecule has 2 aromatic rings. The van der Waals surface area contributed by atoms with E-state index in [2.05, 4.69) is 0 Å². The first-order chi connectivity index (χ1) is 14.9. The molecule has 0 aliphatic carbocycles. The Morgan fingerprint density at radius 2 is 1.84 bits per heavy atom. The Hall–Kier alpha value is -2.29. The van der Waals surface area contributed by atoms with E-state index < -0.39 is 10.0 Å². The van der Waals surface area contributed by atoms with E-state index in [0.717, 1.165) is 11.3 Å². The Kier molecular flexibility index (Phi) is 6.41. The summed E-state index contributed by atoms with van der Waals surface area (Å²) in [6.45, 7) is 3.94. The number of benzene rings is 2. The number of ether oxygens (including phenoxy) is 2. The molecule has 2 aliphatic rings. The fraction of sp³-hybridized carbons (Fsp3) is 0.409. The Labute approximate surface area is 187 Å². The van der Waals surface area contributed by atoms with Crippen molar-refractivity contribution in [2.45, 2.75) is 18.2 Å². The van der Waals surface area contributed by atoms with Gasteiger partial charge in [-0.3, -0.25) is 4.79 Å². The summed E-state index contributed by atoms with van der Waals surface area (Å²) in [6.07, 6.45) is 0.569. The van der Waals surface area contributed by atoms with Crippen molar-refractivity contribution < 1.29 is 22.7 Å². The minimum Gasteiger partial charge on any atom is -0.494 e. The summed E-state index contributed by atoms with van der Waals surface area (Å²) in [5, 5.41) is 0.614. The molecule has 2 aromatic carbocycles. The molecule has 7 nitrogen and oxygen atoms in total. The number of carbonyl (C=O) groups excluding carboxylic acids is 1. The summed E-state index contributed by atoms with van der Waals surface area (Å²) < 4.78 is 38.5. The molecule has 1 amide bonds.